The Labute approximate surface area is 124 Å². The van der Waals surface area contributed by atoms with Gasteiger partial charge in [0.05, 0.1) is 0 Å². The Hall–Kier alpha value is -0.810. The molecule has 1 rings (SSSR count). The van der Waals surface area contributed by atoms with Crippen molar-refractivity contribution in [2.24, 2.45) is 4.99 Å². The Morgan fingerprint density at radius 3 is 2.50 bits per heavy atom. The van der Waals surface area contributed by atoms with Gasteiger partial charge in [-0.3, -0.25) is 9.89 Å². The Balaban J connectivity index is 2.30. The fraction of sp³-hybridized carbons (Fsp3) is 0.933. The molecule has 5 nitrogen and oxygen atoms in total. The maximum Gasteiger partial charge on any atom is 0.191 e. The van der Waals surface area contributed by atoms with Gasteiger partial charge in [0.2, 0.25) is 0 Å². The Bertz CT molecular complexity index is 286. The maximum atomic E-state index is 5.04. The summed E-state index contributed by atoms with van der Waals surface area (Å²) >= 11 is 0. The average molecular weight is 284 g/mol. The van der Waals surface area contributed by atoms with Crippen LogP contribution in [-0.4, -0.2) is 63.3 Å². The van der Waals surface area contributed by atoms with Gasteiger partial charge >= 0.3 is 0 Å². The van der Waals surface area contributed by atoms with E-state index in [1.807, 2.05) is 7.05 Å². The van der Waals surface area contributed by atoms with Crippen molar-refractivity contribution in [3.63, 3.8) is 0 Å². The van der Waals surface area contributed by atoms with E-state index in [-0.39, 0.29) is 5.54 Å². The second kappa shape index (κ2) is 9.19. The molecule has 0 bridgehead atoms. The monoisotopic (exact) mass is 284 g/mol. The molecule has 20 heavy (non-hydrogen) atoms. The third-order valence-corrected chi connectivity index (χ3v) is 3.94. The molecule has 0 atom stereocenters. The lowest BCUT2D eigenvalue weighted by Crippen LogP contribution is -2.54. The van der Waals surface area contributed by atoms with Crippen molar-refractivity contribution in [3.05, 3.63) is 0 Å². The third-order valence-electron chi connectivity index (χ3n) is 3.94. The van der Waals surface area contributed by atoms with Crippen LogP contribution in [-0.2, 0) is 4.74 Å². The van der Waals surface area contributed by atoms with Crippen molar-refractivity contribution in [2.45, 2.75) is 45.1 Å². The first kappa shape index (κ1) is 17.2. The molecule has 0 aromatic heterocycles. The van der Waals surface area contributed by atoms with Crippen molar-refractivity contribution >= 4 is 5.96 Å². The quantitative estimate of drug-likeness (QED) is 0.422. The zero-order valence-corrected chi connectivity index (χ0v) is 13.7. The highest BCUT2D eigenvalue weighted by atomic mass is 16.5. The van der Waals surface area contributed by atoms with E-state index in [1.54, 1.807) is 7.11 Å². The molecule has 0 aromatic carbocycles. The first-order valence-electron chi connectivity index (χ1n) is 7.78. The highest BCUT2D eigenvalue weighted by molar-refractivity contribution is 5.79. The summed E-state index contributed by atoms with van der Waals surface area (Å²) in [6.45, 7) is 9.63. The van der Waals surface area contributed by atoms with Gasteiger partial charge in [-0.2, -0.15) is 0 Å². The van der Waals surface area contributed by atoms with Gasteiger partial charge in [0.25, 0.3) is 0 Å². The lowest BCUT2D eigenvalue weighted by atomic mass is 9.98. The van der Waals surface area contributed by atoms with Gasteiger partial charge in [-0.25, -0.2) is 0 Å². The van der Waals surface area contributed by atoms with Gasteiger partial charge in [0, 0.05) is 39.4 Å². The second-order valence-corrected chi connectivity index (χ2v) is 6.06. The summed E-state index contributed by atoms with van der Waals surface area (Å²) in [7, 11) is 3.55. The van der Waals surface area contributed by atoms with Gasteiger partial charge in [-0.05, 0) is 46.2 Å². The number of methoxy groups -OCH3 is 1. The van der Waals surface area contributed by atoms with E-state index in [1.165, 1.54) is 32.4 Å². The van der Waals surface area contributed by atoms with Crippen LogP contribution in [0, 0.1) is 0 Å². The zero-order chi connectivity index (χ0) is 14.8. The van der Waals surface area contributed by atoms with Crippen molar-refractivity contribution < 1.29 is 4.74 Å². The summed E-state index contributed by atoms with van der Waals surface area (Å²) in [6, 6.07) is 0. The molecule has 1 fully saturated rings. The summed E-state index contributed by atoms with van der Waals surface area (Å²) in [4.78, 5) is 6.85. The largest absolute Gasteiger partial charge is 0.385 e. The first-order valence-corrected chi connectivity index (χ1v) is 7.78. The van der Waals surface area contributed by atoms with E-state index < -0.39 is 0 Å². The maximum absolute atomic E-state index is 5.04. The first-order chi connectivity index (χ1) is 9.60. The number of likely N-dealkylation sites (tertiary alicyclic amines) is 1. The van der Waals surface area contributed by atoms with Crippen molar-refractivity contribution in [1.29, 1.82) is 0 Å². The molecule has 0 aromatic rings. The molecule has 5 heteroatoms. The summed E-state index contributed by atoms with van der Waals surface area (Å²) in [5.41, 5.74) is 0.171. The number of nitrogens with one attached hydrogen (secondary N) is 2. The van der Waals surface area contributed by atoms with Crippen LogP contribution in [0.15, 0.2) is 4.99 Å². The van der Waals surface area contributed by atoms with E-state index in [4.69, 9.17) is 4.74 Å². The minimum Gasteiger partial charge on any atom is -0.385 e. The van der Waals surface area contributed by atoms with Crippen LogP contribution in [0.3, 0.4) is 0 Å². The van der Waals surface area contributed by atoms with Crippen LogP contribution in [0.4, 0.5) is 0 Å². The van der Waals surface area contributed by atoms with Crippen molar-refractivity contribution in [1.82, 2.24) is 15.5 Å². The van der Waals surface area contributed by atoms with Crippen LogP contribution in [0.25, 0.3) is 0 Å². The van der Waals surface area contributed by atoms with Gasteiger partial charge in [-0.15, -0.1) is 0 Å². The van der Waals surface area contributed by atoms with Crippen molar-refractivity contribution in [3.8, 4) is 0 Å². The smallest absolute Gasteiger partial charge is 0.191 e. The van der Waals surface area contributed by atoms with Crippen LogP contribution in [0.2, 0.25) is 0 Å². The van der Waals surface area contributed by atoms with E-state index >= 15 is 0 Å². The third kappa shape index (κ3) is 6.09. The summed E-state index contributed by atoms with van der Waals surface area (Å²) in [6.07, 6.45) is 5.02. The minimum atomic E-state index is 0.171. The molecule has 1 heterocycles. The van der Waals surface area contributed by atoms with Gasteiger partial charge < -0.3 is 15.4 Å². The molecule has 118 valence electrons. The summed E-state index contributed by atoms with van der Waals surface area (Å²) < 4.78 is 5.04. The molecular weight excluding hydrogens is 252 g/mol. The fourth-order valence-electron chi connectivity index (χ4n) is 2.55. The lowest BCUT2D eigenvalue weighted by molar-refractivity contribution is 0.0982. The highest BCUT2D eigenvalue weighted by Gasteiger charge is 2.27. The Kier molecular flexibility index (Phi) is 7.92. The number of guanidine groups is 1. The van der Waals surface area contributed by atoms with Crippen LogP contribution in [0.1, 0.15) is 39.5 Å². The molecule has 2 N–H and O–H groups in total. The number of nitrogens with zero attached hydrogens (tertiary/aromatic N) is 2. The molecule has 0 radical (unpaired) electrons. The highest BCUT2D eigenvalue weighted by Crippen LogP contribution is 2.19. The Morgan fingerprint density at radius 2 is 1.90 bits per heavy atom. The summed E-state index contributed by atoms with van der Waals surface area (Å²) in [5, 5.41) is 6.76. The van der Waals surface area contributed by atoms with Crippen LogP contribution in [0.5, 0.6) is 0 Å². The van der Waals surface area contributed by atoms with E-state index in [0.717, 1.165) is 32.1 Å². The molecule has 0 amide bonds. The van der Waals surface area contributed by atoms with Gasteiger partial charge in [-0.1, -0.05) is 6.42 Å². The van der Waals surface area contributed by atoms with E-state index in [2.05, 4.69) is 34.4 Å². The standard InChI is InChI=1S/C15H32N4O/c1-15(2,19-10-6-5-7-11-19)13-18-14(16-3)17-9-8-12-20-4/h5-13H2,1-4H3,(H2,16,17,18). The average Bonchev–Trinajstić information content (AvgIpc) is 2.47. The molecule has 1 aliphatic rings. The summed E-state index contributed by atoms with van der Waals surface area (Å²) in [5.74, 6) is 0.881. The zero-order valence-electron chi connectivity index (χ0n) is 13.7. The molecular formula is C15H32N4O. The molecule has 0 aliphatic carbocycles. The van der Waals surface area contributed by atoms with Gasteiger partial charge in [0.15, 0.2) is 5.96 Å². The lowest BCUT2D eigenvalue weighted by Gasteiger charge is -2.41. The minimum absolute atomic E-state index is 0.171. The van der Waals surface area contributed by atoms with Crippen LogP contribution < -0.4 is 10.6 Å². The normalized spacial score (nSPS) is 18.1. The van der Waals surface area contributed by atoms with E-state index in [0.29, 0.717) is 0 Å². The topological polar surface area (TPSA) is 48.9 Å². The predicted octanol–water partition coefficient (Wildman–Crippen LogP) is 1.45. The molecule has 1 aliphatic heterocycles. The predicted molar refractivity (Wildman–Crippen MR) is 85.4 cm³/mol. The molecule has 0 spiro atoms. The number of piperidine rings is 1. The van der Waals surface area contributed by atoms with Crippen LogP contribution >= 0.6 is 0 Å². The number of aliphatic imine (C=N–C) groups is 1. The van der Waals surface area contributed by atoms with Gasteiger partial charge in [0.1, 0.15) is 0 Å². The molecule has 0 saturated carbocycles. The molecule has 1 saturated heterocycles. The molecule has 0 unspecified atom stereocenters. The number of ether oxygens (including phenoxy) is 1. The number of hydrogen-bond donors (Lipinski definition) is 2. The van der Waals surface area contributed by atoms with Crippen molar-refractivity contribution in [2.75, 3.05) is 46.9 Å². The fourth-order valence-corrected chi connectivity index (χ4v) is 2.55. The second-order valence-electron chi connectivity index (χ2n) is 6.06. The van der Waals surface area contributed by atoms with E-state index in [9.17, 15) is 0 Å². The SMILES string of the molecule is CN=C(NCCCOC)NCC(C)(C)N1CCCCC1. The Morgan fingerprint density at radius 1 is 1.20 bits per heavy atom. The number of rotatable bonds is 7. The number of hydrogen-bond acceptors (Lipinski definition) is 3.